The number of methoxy groups -OCH3 is 1. The van der Waals surface area contributed by atoms with Gasteiger partial charge in [-0.3, -0.25) is 24.1 Å². The first-order valence-electron chi connectivity index (χ1n) is 11.4. The number of anilines is 1. The van der Waals surface area contributed by atoms with Gasteiger partial charge in [0.1, 0.15) is 0 Å². The minimum Gasteiger partial charge on any atom is -0.452 e. The Hall–Kier alpha value is -4.05. The maximum absolute atomic E-state index is 12.6. The molecule has 0 atom stereocenters. The molecule has 10 heteroatoms. The Morgan fingerprint density at radius 1 is 0.917 bits per heavy atom. The highest BCUT2D eigenvalue weighted by Gasteiger charge is 2.35. The van der Waals surface area contributed by atoms with E-state index in [0.29, 0.717) is 18.7 Å². The van der Waals surface area contributed by atoms with Gasteiger partial charge in [-0.2, -0.15) is 0 Å². The zero-order valence-corrected chi connectivity index (χ0v) is 20.7. The third-order valence-electron chi connectivity index (χ3n) is 5.66. The molecule has 3 rings (SSSR count). The number of nitrogens with one attached hydrogen (secondary N) is 2. The average Bonchev–Trinajstić information content (AvgIpc) is 3.07. The summed E-state index contributed by atoms with van der Waals surface area (Å²) < 4.78 is 9.96. The van der Waals surface area contributed by atoms with Crippen molar-refractivity contribution < 1.29 is 33.4 Å². The lowest BCUT2D eigenvalue weighted by Crippen LogP contribution is -2.35. The molecule has 2 N–H and O–H groups in total. The lowest BCUT2D eigenvalue weighted by Gasteiger charge is -2.13. The van der Waals surface area contributed by atoms with E-state index >= 15 is 0 Å². The van der Waals surface area contributed by atoms with Crippen LogP contribution in [0.2, 0.25) is 0 Å². The number of amides is 4. The van der Waals surface area contributed by atoms with E-state index in [1.807, 2.05) is 32.9 Å². The Morgan fingerprint density at radius 3 is 2.25 bits per heavy atom. The van der Waals surface area contributed by atoms with Crippen molar-refractivity contribution >= 4 is 35.3 Å². The molecule has 0 radical (unpaired) electrons. The van der Waals surface area contributed by atoms with Crippen LogP contribution in [0.5, 0.6) is 0 Å². The Morgan fingerprint density at radius 2 is 1.58 bits per heavy atom. The molecule has 4 amide bonds. The second kappa shape index (κ2) is 11.6. The predicted molar refractivity (Wildman–Crippen MR) is 131 cm³/mol. The van der Waals surface area contributed by atoms with Gasteiger partial charge in [0.15, 0.2) is 6.61 Å². The summed E-state index contributed by atoms with van der Waals surface area (Å²) >= 11 is 0. The molecule has 2 aromatic carbocycles. The van der Waals surface area contributed by atoms with Crippen LogP contribution in [0.15, 0.2) is 30.3 Å². The standard InChI is InChI=1S/C26H29N3O7/c1-15-10-16(2)23(17(3)11-15)28-21(30)13-27-22(31)14-36-26(34)18-6-7-19-20(12-18)25(33)29(24(19)32)8-5-9-35-4/h6-7,10-12H,5,8-9,13-14H2,1-4H3,(H,27,31)(H,28,30). The van der Waals surface area contributed by atoms with Gasteiger partial charge in [-0.1, -0.05) is 17.7 Å². The molecule has 0 bridgehead atoms. The zero-order valence-electron chi connectivity index (χ0n) is 20.7. The fraction of sp³-hybridized carbons (Fsp3) is 0.346. The Labute approximate surface area is 208 Å². The predicted octanol–water partition coefficient (Wildman–Crippen LogP) is 2.16. The smallest absolute Gasteiger partial charge is 0.338 e. The first-order valence-corrected chi connectivity index (χ1v) is 11.4. The van der Waals surface area contributed by atoms with Gasteiger partial charge < -0.3 is 20.1 Å². The number of ether oxygens (including phenoxy) is 2. The quantitative estimate of drug-likeness (QED) is 0.293. The van der Waals surface area contributed by atoms with Gasteiger partial charge >= 0.3 is 5.97 Å². The van der Waals surface area contributed by atoms with Gasteiger partial charge in [0, 0.05) is 25.9 Å². The molecule has 2 aromatic rings. The van der Waals surface area contributed by atoms with Crippen molar-refractivity contribution in [2.75, 3.05) is 38.7 Å². The normalized spacial score (nSPS) is 12.4. The molecule has 10 nitrogen and oxygen atoms in total. The van der Waals surface area contributed by atoms with E-state index in [4.69, 9.17) is 9.47 Å². The lowest BCUT2D eigenvalue weighted by molar-refractivity contribution is -0.126. The van der Waals surface area contributed by atoms with E-state index in [0.717, 1.165) is 21.6 Å². The first kappa shape index (κ1) is 26.6. The second-order valence-corrected chi connectivity index (χ2v) is 8.54. The van der Waals surface area contributed by atoms with Gasteiger partial charge in [0.2, 0.25) is 5.91 Å². The van der Waals surface area contributed by atoms with Crippen LogP contribution in [0, 0.1) is 20.8 Å². The van der Waals surface area contributed by atoms with Gasteiger partial charge in [0.05, 0.1) is 23.2 Å². The minimum absolute atomic E-state index is 0.0320. The largest absolute Gasteiger partial charge is 0.452 e. The minimum atomic E-state index is -0.832. The summed E-state index contributed by atoms with van der Waals surface area (Å²) in [5.41, 5.74) is 3.93. The number of aryl methyl sites for hydroxylation is 3. The third-order valence-corrected chi connectivity index (χ3v) is 5.66. The molecule has 0 fully saturated rings. The van der Waals surface area contributed by atoms with Crippen LogP contribution in [0.25, 0.3) is 0 Å². The molecule has 190 valence electrons. The number of nitrogens with zero attached hydrogens (tertiary/aromatic N) is 1. The number of carbonyl (C=O) groups is 5. The third kappa shape index (κ3) is 6.14. The summed E-state index contributed by atoms with van der Waals surface area (Å²) in [5, 5.41) is 5.17. The molecule has 0 spiro atoms. The molecule has 0 aliphatic carbocycles. The number of hydrogen-bond donors (Lipinski definition) is 2. The van der Waals surface area contributed by atoms with Crippen molar-refractivity contribution in [2.24, 2.45) is 0 Å². The van der Waals surface area contributed by atoms with Crippen molar-refractivity contribution in [1.82, 2.24) is 10.2 Å². The fourth-order valence-electron chi connectivity index (χ4n) is 3.99. The molecule has 1 aliphatic heterocycles. The van der Waals surface area contributed by atoms with E-state index in [-0.39, 0.29) is 29.8 Å². The van der Waals surface area contributed by atoms with Crippen molar-refractivity contribution in [2.45, 2.75) is 27.2 Å². The van der Waals surface area contributed by atoms with Crippen LogP contribution in [-0.2, 0) is 19.1 Å². The van der Waals surface area contributed by atoms with E-state index in [1.54, 1.807) is 0 Å². The van der Waals surface area contributed by atoms with Crippen molar-refractivity contribution in [3.8, 4) is 0 Å². The molecule has 1 heterocycles. The monoisotopic (exact) mass is 495 g/mol. The van der Waals surface area contributed by atoms with Crippen LogP contribution < -0.4 is 10.6 Å². The van der Waals surface area contributed by atoms with Crippen LogP contribution in [0.4, 0.5) is 5.69 Å². The molecular weight excluding hydrogens is 466 g/mol. The van der Waals surface area contributed by atoms with Gasteiger partial charge in [-0.25, -0.2) is 4.79 Å². The van der Waals surface area contributed by atoms with E-state index in [1.165, 1.54) is 25.3 Å². The average molecular weight is 496 g/mol. The van der Waals surface area contributed by atoms with Crippen LogP contribution in [-0.4, -0.2) is 67.9 Å². The lowest BCUT2D eigenvalue weighted by atomic mass is 10.1. The molecule has 0 saturated carbocycles. The number of rotatable bonds is 10. The summed E-state index contributed by atoms with van der Waals surface area (Å²) in [5.74, 6) is -2.83. The van der Waals surface area contributed by atoms with Crippen LogP contribution >= 0.6 is 0 Å². The number of fused-ring (bicyclic) bond motifs is 1. The summed E-state index contributed by atoms with van der Waals surface area (Å²) in [6.45, 7) is 5.44. The van der Waals surface area contributed by atoms with Crippen molar-refractivity contribution in [3.63, 3.8) is 0 Å². The SMILES string of the molecule is COCCCN1C(=O)c2ccc(C(=O)OCC(=O)NCC(=O)Nc3c(C)cc(C)cc3C)cc2C1=O. The highest BCUT2D eigenvalue weighted by atomic mass is 16.5. The molecule has 0 unspecified atom stereocenters. The first-order chi connectivity index (χ1) is 17.1. The van der Waals surface area contributed by atoms with Crippen LogP contribution in [0.1, 0.15) is 54.2 Å². The van der Waals surface area contributed by atoms with Gasteiger partial charge in [-0.05, 0) is 56.5 Å². The Kier molecular flexibility index (Phi) is 8.55. The topological polar surface area (TPSA) is 131 Å². The number of hydrogen-bond acceptors (Lipinski definition) is 7. The number of imide groups is 1. The molecule has 0 aromatic heterocycles. The fourth-order valence-corrected chi connectivity index (χ4v) is 3.99. The number of benzene rings is 2. The highest BCUT2D eigenvalue weighted by Crippen LogP contribution is 2.25. The van der Waals surface area contributed by atoms with Crippen molar-refractivity contribution in [3.05, 3.63) is 63.7 Å². The Balaban J connectivity index is 1.50. The van der Waals surface area contributed by atoms with Crippen molar-refractivity contribution in [1.29, 1.82) is 0 Å². The summed E-state index contributed by atoms with van der Waals surface area (Å²) in [6, 6.07) is 7.93. The van der Waals surface area contributed by atoms with E-state index in [2.05, 4.69) is 10.6 Å². The van der Waals surface area contributed by atoms with E-state index < -0.39 is 36.2 Å². The maximum Gasteiger partial charge on any atom is 0.338 e. The van der Waals surface area contributed by atoms with E-state index in [9.17, 15) is 24.0 Å². The molecule has 0 saturated heterocycles. The van der Waals surface area contributed by atoms with Gasteiger partial charge in [0.25, 0.3) is 17.7 Å². The number of carbonyl (C=O) groups excluding carboxylic acids is 5. The summed E-state index contributed by atoms with van der Waals surface area (Å²) in [7, 11) is 1.53. The van der Waals surface area contributed by atoms with Gasteiger partial charge in [-0.15, -0.1) is 0 Å². The summed E-state index contributed by atoms with van der Waals surface area (Å²) in [6.07, 6.45) is 0.494. The Bertz CT molecular complexity index is 1200. The molecule has 1 aliphatic rings. The second-order valence-electron chi connectivity index (χ2n) is 8.54. The maximum atomic E-state index is 12.6. The summed E-state index contributed by atoms with van der Waals surface area (Å²) in [4.78, 5) is 62.9. The zero-order chi connectivity index (χ0) is 26.4. The molecular formula is C26H29N3O7. The van der Waals surface area contributed by atoms with Crippen LogP contribution in [0.3, 0.4) is 0 Å². The highest BCUT2D eigenvalue weighted by molar-refractivity contribution is 6.22. The number of esters is 1. The molecule has 36 heavy (non-hydrogen) atoms.